The van der Waals surface area contributed by atoms with Gasteiger partial charge in [-0.1, -0.05) is 0 Å². The van der Waals surface area contributed by atoms with Gasteiger partial charge in [0, 0.05) is 12.1 Å². The third-order valence-electron chi connectivity index (χ3n) is 1.65. The molecule has 0 atom stereocenters. The van der Waals surface area contributed by atoms with E-state index in [-0.39, 0.29) is 0 Å². The summed E-state index contributed by atoms with van der Waals surface area (Å²) < 4.78 is 10.8. The van der Waals surface area contributed by atoms with Gasteiger partial charge in [-0.15, -0.1) is 0 Å². The molecular weight excluding hydrogens is 243 g/mol. The normalized spacial score (nSPS) is 11.1. The summed E-state index contributed by atoms with van der Waals surface area (Å²) in [6.45, 7) is 0. The molecule has 1 rings (SSSR count). The van der Waals surface area contributed by atoms with E-state index in [1.165, 1.54) is 0 Å². The Hall–Kier alpha value is -1.83. The predicted molar refractivity (Wildman–Crippen MR) is 51.4 cm³/mol. The number of rotatable bonds is 3. The van der Waals surface area contributed by atoms with Crippen molar-refractivity contribution in [1.82, 2.24) is 0 Å². The van der Waals surface area contributed by atoms with Crippen molar-refractivity contribution in [3.63, 3.8) is 0 Å². The molecule has 2 N–H and O–H groups in total. The predicted octanol–water partition coefficient (Wildman–Crippen LogP) is 0.306. The van der Waals surface area contributed by atoms with E-state index >= 15 is 0 Å². The lowest BCUT2D eigenvalue weighted by atomic mass is 10.3. The van der Waals surface area contributed by atoms with Crippen LogP contribution in [0.15, 0.2) is 18.2 Å². The van der Waals surface area contributed by atoms with Crippen LogP contribution in [-0.2, 0) is 4.57 Å². The van der Waals surface area contributed by atoms with Crippen molar-refractivity contribution < 1.29 is 24.2 Å². The summed E-state index contributed by atoms with van der Waals surface area (Å²) in [5.74, 6) is 0. The van der Waals surface area contributed by atoms with Crippen molar-refractivity contribution in [3.05, 3.63) is 38.4 Å². The van der Waals surface area contributed by atoms with E-state index in [1.54, 1.807) is 0 Å². The zero-order chi connectivity index (χ0) is 12.5. The number of hydrogen-bond donors (Lipinski definition) is 2. The standard InChI is InChI=1S/C6H5N2O7P/c9-7(10)4-1-5(8(11)12)3-6(2-4)16(13,14)15/h1-3H,(H2,13,14,15). The largest absolute Gasteiger partial charge is 0.356 e. The van der Waals surface area contributed by atoms with E-state index in [0.717, 1.165) is 0 Å². The minimum atomic E-state index is -4.76. The van der Waals surface area contributed by atoms with Gasteiger partial charge in [0.1, 0.15) is 0 Å². The molecule has 0 bridgehead atoms. The van der Waals surface area contributed by atoms with Crippen molar-refractivity contribution in [3.8, 4) is 0 Å². The van der Waals surface area contributed by atoms with Crippen molar-refractivity contribution in [2.45, 2.75) is 0 Å². The first-order valence-electron chi connectivity index (χ1n) is 3.72. The topological polar surface area (TPSA) is 144 Å². The average Bonchev–Trinajstić information content (AvgIpc) is 2.15. The molecule has 0 aliphatic heterocycles. The molecule has 0 aliphatic rings. The highest BCUT2D eigenvalue weighted by Crippen LogP contribution is 2.36. The highest BCUT2D eigenvalue weighted by atomic mass is 31.2. The molecule has 0 radical (unpaired) electrons. The van der Waals surface area contributed by atoms with Crippen LogP contribution >= 0.6 is 7.60 Å². The molecule has 10 heteroatoms. The Labute approximate surface area is 87.8 Å². The summed E-state index contributed by atoms with van der Waals surface area (Å²) >= 11 is 0. The molecule has 0 saturated carbocycles. The van der Waals surface area contributed by atoms with Crippen LogP contribution in [0.25, 0.3) is 0 Å². The molecule has 0 aliphatic carbocycles. The first kappa shape index (κ1) is 12.2. The van der Waals surface area contributed by atoms with Crippen LogP contribution in [-0.4, -0.2) is 19.6 Å². The lowest BCUT2D eigenvalue weighted by Gasteiger charge is -2.03. The lowest BCUT2D eigenvalue weighted by molar-refractivity contribution is -0.394. The second-order valence-corrected chi connectivity index (χ2v) is 4.37. The van der Waals surface area contributed by atoms with E-state index < -0.39 is 34.1 Å². The average molecular weight is 248 g/mol. The fourth-order valence-corrected chi connectivity index (χ4v) is 1.56. The number of nitro groups is 2. The number of non-ortho nitro benzene ring substituents is 2. The zero-order valence-corrected chi connectivity index (χ0v) is 8.40. The SMILES string of the molecule is O=[N+]([O-])c1cc([N+](=O)[O-])cc(P(=O)(O)O)c1. The molecule has 16 heavy (non-hydrogen) atoms. The summed E-state index contributed by atoms with van der Waals surface area (Å²) in [5.41, 5.74) is -1.49. The van der Waals surface area contributed by atoms with Crippen molar-refractivity contribution in [2.24, 2.45) is 0 Å². The van der Waals surface area contributed by atoms with Crippen LogP contribution < -0.4 is 5.30 Å². The Morgan fingerprint density at radius 2 is 1.38 bits per heavy atom. The summed E-state index contributed by atoms with van der Waals surface area (Å²) in [6.07, 6.45) is 0. The van der Waals surface area contributed by atoms with Crippen LogP contribution in [0.3, 0.4) is 0 Å². The smallest absolute Gasteiger partial charge is 0.321 e. The minimum absolute atomic E-state index is 0.605. The number of benzene rings is 1. The Bertz CT molecular complexity index is 475. The summed E-state index contributed by atoms with van der Waals surface area (Å²) in [4.78, 5) is 36.4. The maximum Gasteiger partial charge on any atom is 0.356 e. The molecule has 1 aromatic rings. The van der Waals surface area contributed by atoms with Crippen LogP contribution in [0.2, 0.25) is 0 Å². The minimum Gasteiger partial charge on any atom is -0.321 e. The van der Waals surface area contributed by atoms with E-state index in [1.807, 2.05) is 0 Å². The van der Waals surface area contributed by atoms with Gasteiger partial charge in [-0.3, -0.25) is 24.8 Å². The van der Waals surface area contributed by atoms with Crippen molar-refractivity contribution in [1.29, 1.82) is 0 Å². The van der Waals surface area contributed by atoms with Gasteiger partial charge in [0.15, 0.2) is 0 Å². The van der Waals surface area contributed by atoms with Crippen molar-refractivity contribution in [2.75, 3.05) is 0 Å². The summed E-state index contributed by atoms with van der Waals surface area (Å²) in [5, 5.41) is 20.0. The molecule has 0 spiro atoms. The molecule has 86 valence electrons. The highest BCUT2D eigenvalue weighted by Gasteiger charge is 2.25. The van der Waals surface area contributed by atoms with Gasteiger partial charge < -0.3 is 9.79 Å². The highest BCUT2D eigenvalue weighted by molar-refractivity contribution is 7.60. The summed E-state index contributed by atoms with van der Waals surface area (Å²) in [6, 6.07) is 1.83. The Morgan fingerprint density at radius 1 is 1.00 bits per heavy atom. The van der Waals surface area contributed by atoms with E-state index in [9.17, 15) is 24.8 Å². The van der Waals surface area contributed by atoms with Gasteiger partial charge in [0.25, 0.3) is 11.4 Å². The number of hydrogen-bond acceptors (Lipinski definition) is 5. The molecule has 9 nitrogen and oxygen atoms in total. The fraction of sp³-hybridized carbons (Fsp3) is 0. The maximum absolute atomic E-state index is 10.8. The van der Waals surface area contributed by atoms with Crippen LogP contribution in [0, 0.1) is 20.2 Å². The fourth-order valence-electron chi connectivity index (χ4n) is 0.959. The second kappa shape index (κ2) is 3.97. The number of nitrogens with zero attached hydrogens (tertiary/aromatic N) is 2. The molecule has 0 amide bonds. The van der Waals surface area contributed by atoms with Crippen molar-refractivity contribution >= 4 is 24.3 Å². The lowest BCUT2D eigenvalue weighted by Crippen LogP contribution is -2.07. The maximum atomic E-state index is 10.8. The Balaban J connectivity index is 3.48. The van der Waals surface area contributed by atoms with Gasteiger partial charge in [-0.05, 0) is 0 Å². The molecule has 1 aromatic carbocycles. The summed E-state index contributed by atoms with van der Waals surface area (Å²) in [7, 11) is -4.76. The van der Waals surface area contributed by atoms with Gasteiger partial charge in [-0.2, -0.15) is 0 Å². The molecule has 0 unspecified atom stereocenters. The van der Waals surface area contributed by atoms with Crippen LogP contribution in [0.5, 0.6) is 0 Å². The van der Waals surface area contributed by atoms with E-state index in [4.69, 9.17) is 9.79 Å². The van der Waals surface area contributed by atoms with E-state index in [2.05, 4.69) is 0 Å². The van der Waals surface area contributed by atoms with Crippen LogP contribution in [0.4, 0.5) is 11.4 Å². The van der Waals surface area contributed by atoms with Gasteiger partial charge >= 0.3 is 7.60 Å². The third-order valence-corrected chi connectivity index (χ3v) is 2.58. The first-order chi connectivity index (χ1) is 7.21. The van der Waals surface area contributed by atoms with E-state index in [0.29, 0.717) is 18.2 Å². The Kier molecular flexibility index (Phi) is 3.04. The molecule has 0 saturated heterocycles. The molecule has 0 aromatic heterocycles. The first-order valence-corrected chi connectivity index (χ1v) is 5.33. The monoisotopic (exact) mass is 248 g/mol. The Morgan fingerprint density at radius 3 is 1.62 bits per heavy atom. The van der Waals surface area contributed by atoms with Gasteiger partial charge in [0.2, 0.25) is 0 Å². The van der Waals surface area contributed by atoms with Crippen LogP contribution in [0.1, 0.15) is 0 Å². The van der Waals surface area contributed by atoms with Gasteiger partial charge in [-0.25, -0.2) is 0 Å². The molecule has 0 heterocycles. The van der Waals surface area contributed by atoms with Gasteiger partial charge in [0.05, 0.1) is 21.2 Å². The quantitative estimate of drug-likeness (QED) is 0.444. The molecule has 0 fully saturated rings. The second-order valence-electron chi connectivity index (χ2n) is 2.77. The third kappa shape index (κ3) is 2.60. The zero-order valence-electron chi connectivity index (χ0n) is 7.51. The molecular formula is C6H5N2O7P. The number of nitro benzene ring substituents is 2.